The van der Waals surface area contributed by atoms with Crippen LogP contribution >= 0.6 is 0 Å². The van der Waals surface area contributed by atoms with E-state index in [0.29, 0.717) is 11.5 Å². The molecule has 1 aromatic carbocycles. The minimum absolute atomic E-state index is 0.174. The lowest BCUT2D eigenvalue weighted by atomic mass is 10.2. The molecule has 0 aliphatic heterocycles. The van der Waals surface area contributed by atoms with Crippen LogP contribution in [-0.4, -0.2) is 23.2 Å². The van der Waals surface area contributed by atoms with E-state index in [4.69, 9.17) is 5.73 Å². The fourth-order valence-corrected chi connectivity index (χ4v) is 1.50. The summed E-state index contributed by atoms with van der Waals surface area (Å²) in [7, 11) is 1.29. The van der Waals surface area contributed by atoms with E-state index in [1.54, 1.807) is 24.3 Å². The second-order valence-electron chi connectivity index (χ2n) is 3.83. The SMILES string of the molecule is COC(=O)c1cnc(Nc2ccc(O)cc2)c(N)c1. The monoisotopic (exact) mass is 259 g/mol. The average Bonchev–Trinajstić information content (AvgIpc) is 2.42. The maximum absolute atomic E-state index is 11.3. The maximum Gasteiger partial charge on any atom is 0.339 e. The van der Waals surface area contributed by atoms with Crippen molar-refractivity contribution >= 4 is 23.2 Å². The molecule has 0 amide bonds. The summed E-state index contributed by atoms with van der Waals surface area (Å²) in [6.45, 7) is 0. The molecule has 0 radical (unpaired) electrons. The molecule has 0 atom stereocenters. The Morgan fingerprint density at radius 1 is 1.37 bits per heavy atom. The van der Waals surface area contributed by atoms with E-state index in [0.717, 1.165) is 5.69 Å². The molecule has 19 heavy (non-hydrogen) atoms. The fourth-order valence-electron chi connectivity index (χ4n) is 1.50. The van der Waals surface area contributed by atoms with Gasteiger partial charge in [0, 0.05) is 11.9 Å². The minimum Gasteiger partial charge on any atom is -0.508 e. The Kier molecular flexibility index (Phi) is 3.51. The number of methoxy groups -OCH3 is 1. The predicted molar refractivity (Wildman–Crippen MR) is 71.4 cm³/mol. The van der Waals surface area contributed by atoms with Gasteiger partial charge in [-0.15, -0.1) is 0 Å². The number of ether oxygens (including phenoxy) is 1. The molecule has 98 valence electrons. The highest BCUT2D eigenvalue weighted by atomic mass is 16.5. The number of phenolic OH excluding ortho intramolecular Hbond substituents is 1. The van der Waals surface area contributed by atoms with Gasteiger partial charge in [-0.2, -0.15) is 0 Å². The zero-order chi connectivity index (χ0) is 13.8. The maximum atomic E-state index is 11.3. The van der Waals surface area contributed by atoms with Crippen molar-refractivity contribution in [3.05, 3.63) is 42.1 Å². The molecule has 2 rings (SSSR count). The Labute approximate surface area is 109 Å². The highest BCUT2D eigenvalue weighted by Gasteiger charge is 2.09. The number of nitrogens with one attached hydrogen (secondary N) is 1. The van der Waals surface area contributed by atoms with Crippen LogP contribution in [0.4, 0.5) is 17.2 Å². The molecule has 4 N–H and O–H groups in total. The van der Waals surface area contributed by atoms with Crippen molar-refractivity contribution in [2.45, 2.75) is 0 Å². The Balaban J connectivity index is 2.22. The molecule has 1 heterocycles. The summed E-state index contributed by atoms with van der Waals surface area (Å²) in [5, 5.41) is 12.2. The Hall–Kier alpha value is -2.76. The van der Waals surface area contributed by atoms with Gasteiger partial charge in [-0.25, -0.2) is 9.78 Å². The first-order chi connectivity index (χ1) is 9.10. The van der Waals surface area contributed by atoms with Crippen LogP contribution in [0.3, 0.4) is 0 Å². The number of hydrogen-bond acceptors (Lipinski definition) is 6. The van der Waals surface area contributed by atoms with Gasteiger partial charge in [0.2, 0.25) is 0 Å². The molecular formula is C13H13N3O3. The van der Waals surface area contributed by atoms with E-state index in [1.807, 2.05) is 0 Å². The number of rotatable bonds is 3. The van der Waals surface area contributed by atoms with Gasteiger partial charge in [0.05, 0.1) is 18.4 Å². The molecule has 0 saturated carbocycles. The van der Waals surface area contributed by atoms with Crippen molar-refractivity contribution in [3.8, 4) is 5.75 Å². The number of anilines is 3. The molecular weight excluding hydrogens is 246 g/mol. The smallest absolute Gasteiger partial charge is 0.339 e. The predicted octanol–water partition coefficient (Wildman–Crippen LogP) is 1.90. The third kappa shape index (κ3) is 2.92. The van der Waals surface area contributed by atoms with Crippen LogP contribution in [0.1, 0.15) is 10.4 Å². The van der Waals surface area contributed by atoms with Gasteiger partial charge >= 0.3 is 5.97 Å². The lowest BCUT2D eigenvalue weighted by Gasteiger charge is -2.09. The summed E-state index contributed by atoms with van der Waals surface area (Å²) in [4.78, 5) is 15.4. The number of carbonyl (C=O) groups is 1. The molecule has 1 aromatic heterocycles. The molecule has 0 fully saturated rings. The normalized spacial score (nSPS) is 9.95. The van der Waals surface area contributed by atoms with Crippen LogP contribution in [0.25, 0.3) is 0 Å². The number of aromatic nitrogens is 1. The summed E-state index contributed by atoms with van der Waals surface area (Å²) in [5.74, 6) is 0.112. The zero-order valence-corrected chi connectivity index (χ0v) is 10.3. The molecule has 0 unspecified atom stereocenters. The van der Waals surface area contributed by atoms with Crippen molar-refractivity contribution < 1.29 is 14.6 Å². The average molecular weight is 259 g/mol. The zero-order valence-electron chi connectivity index (χ0n) is 10.3. The van der Waals surface area contributed by atoms with Gasteiger partial charge in [-0.3, -0.25) is 0 Å². The van der Waals surface area contributed by atoms with Crippen molar-refractivity contribution in [2.75, 3.05) is 18.2 Å². The van der Waals surface area contributed by atoms with Crippen LogP contribution in [0.15, 0.2) is 36.5 Å². The van der Waals surface area contributed by atoms with Gasteiger partial charge in [0.1, 0.15) is 5.75 Å². The number of benzene rings is 1. The first kappa shape index (κ1) is 12.7. The second-order valence-corrected chi connectivity index (χ2v) is 3.83. The van der Waals surface area contributed by atoms with Crippen LogP contribution < -0.4 is 11.1 Å². The molecule has 0 aliphatic carbocycles. The fraction of sp³-hybridized carbons (Fsp3) is 0.0769. The summed E-state index contributed by atoms with van der Waals surface area (Å²) in [6, 6.07) is 7.94. The van der Waals surface area contributed by atoms with Gasteiger partial charge in [0.15, 0.2) is 5.82 Å². The first-order valence-electron chi connectivity index (χ1n) is 5.50. The number of hydrogen-bond donors (Lipinski definition) is 3. The molecule has 6 heteroatoms. The third-order valence-corrected chi connectivity index (χ3v) is 2.47. The van der Waals surface area contributed by atoms with Crippen LogP contribution in [0.5, 0.6) is 5.75 Å². The Morgan fingerprint density at radius 2 is 2.05 bits per heavy atom. The molecule has 2 aromatic rings. The van der Waals surface area contributed by atoms with E-state index in [9.17, 15) is 9.90 Å². The second kappa shape index (κ2) is 5.26. The number of nitrogens with zero attached hydrogens (tertiary/aromatic N) is 1. The lowest BCUT2D eigenvalue weighted by molar-refractivity contribution is 0.0600. The Bertz CT molecular complexity index is 597. The van der Waals surface area contributed by atoms with Crippen molar-refractivity contribution in [1.29, 1.82) is 0 Å². The molecule has 6 nitrogen and oxygen atoms in total. The van der Waals surface area contributed by atoms with Gasteiger partial charge in [-0.1, -0.05) is 0 Å². The number of phenols is 1. The van der Waals surface area contributed by atoms with E-state index < -0.39 is 5.97 Å². The number of pyridine rings is 1. The number of esters is 1. The quantitative estimate of drug-likeness (QED) is 0.575. The standard InChI is InChI=1S/C13H13N3O3/c1-19-13(18)8-6-11(14)12(15-7-8)16-9-2-4-10(17)5-3-9/h2-7,17H,14H2,1H3,(H,15,16). The molecule has 0 bridgehead atoms. The third-order valence-electron chi connectivity index (χ3n) is 2.47. The van der Waals surface area contributed by atoms with E-state index >= 15 is 0 Å². The summed E-state index contributed by atoms with van der Waals surface area (Å²) in [5.41, 5.74) is 7.15. The van der Waals surface area contributed by atoms with Gasteiger partial charge in [0.25, 0.3) is 0 Å². The van der Waals surface area contributed by atoms with E-state index in [2.05, 4.69) is 15.0 Å². The lowest BCUT2D eigenvalue weighted by Crippen LogP contribution is -2.05. The molecule has 0 saturated heterocycles. The van der Waals surface area contributed by atoms with Crippen molar-refractivity contribution in [1.82, 2.24) is 4.98 Å². The van der Waals surface area contributed by atoms with Gasteiger partial charge in [-0.05, 0) is 30.3 Å². The van der Waals surface area contributed by atoms with E-state index in [-0.39, 0.29) is 11.3 Å². The highest BCUT2D eigenvalue weighted by Crippen LogP contribution is 2.23. The largest absolute Gasteiger partial charge is 0.508 e. The highest BCUT2D eigenvalue weighted by molar-refractivity contribution is 5.91. The van der Waals surface area contributed by atoms with Crippen LogP contribution in [0.2, 0.25) is 0 Å². The summed E-state index contributed by atoms with van der Waals surface area (Å²) < 4.78 is 4.58. The molecule has 0 spiro atoms. The van der Waals surface area contributed by atoms with Gasteiger partial charge < -0.3 is 20.9 Å². The number of nitrogen functional groups attached to an aromatic ring is 1. The van der Waals surface area contributed by atoms with Crippen LogP contribution in [-0.2, 0) is 4.74 Å². The van der Waals surface area contributed by atoms with E-state index in [1.165, 1.54) is 19.4 Å². The first-order valence-corrected chi connectivity index (χ1v) is 5.50. The number of carbonyl (C=O) groups excluding carboxylic acids is 1. The number of nitrogens with two attached hydrogens (primary N) is 1. The molecule has 0 aliphatic rings. The summed E-state index contributed by atoms with van der Waals surface area (Å²) >= 11 is 0. The summed E-state index contributed by atoms with van der Waals surface area (Å²) in [6.07, 6.45) is 1.38. The topological polar surface area (TPSA) is 97.5 Å². The van der Waals surface area contributed by atoms with Crippen molar-refractivity contribution in [2.24, 2.45) is 0 Å². The Morgan fingerprint density at radius 3 is 2.63 bits per heavy atom. The van der Waals surface area contributed by atoms with Crippen LogP contribution in [0, 0.1) is 0 Å². The number of aromatic hydroxyl groups is 1. The minimum atomic E-state index is -0.490. The van der Waals surface area contributed by atoms with Crippen molar-refractivity contribution in [3.63, 3.8) is 0 Å².